The molecule has 84 valence electrons. The van der Waals surface area contributed by atoms with Gasteiger partial charge >= 0.3 is 5.97 Å². The topological polar surface area (TPSA) is 38.3 Å². The number of hydrogen-bond donors (Lipinski definition) is 1. The number of rotatable bonds is 1. The van der Waals surface area contributed by atoms with Gasteiger partial charge in [-0.15, -0.1) is 0 Å². The Labute approximate surface area is 87.2 Å². The van der Waals surface area contributed by atoms with Crippen LogP contribution in [0.25, 0.3) is 0 Å². The molecule has 0 bridgehead atoms. The lowest BCUT2D eigenvalue weighted by molar-refractivity contribution is -0.144. The summed E-state index contributed by atoms with van der Waals surface area (Å²) in [7, 11) is 0. The largest absolute Gasteiger partial charge is 0.463 e. The van der Waals surface area contributed by atoms with Crippen LogP contribution in [0.15, 0.2) is 0 Å². The summed E-state index contributed by atoms with van der Waals surface area (Å²) in [4.78, 5) is 10.0. The van der Waals surface area contributed by atoms with Gasteiger partial charge in [0.2, 0.25) is 0 Å². The summed E-state index contributed by atoms with van der Waals surface area (Å²) in [5.41, 5.74) is 0. The van der Waals surface area contributed by atoms with E-state index in [2.05, 4.69) is 17.0 Å². The first kappa shape index (κ1) is 13.4. The summed E-state index contributed by atoms with van der Waals surface area (Å²) in [6.07, 6.45) is 2.83. The molecule has 0 radical (unpaired) electrons. The van der Waals surface area contributed by atoms with Gasteiger partial charge in [0.05, 0.1) is 6.10 Å². The predicted octanol–water partition coefficient (Wildman–Crippen LogP) is 1.96. The average Bonchev–Trinajstić information content (AvgIpc) is 2.03. The zero-order valence-corrected chi connectivity index (χ0v) is 9.80. The summed E-state index contributed by atoms with van der Waals surface area (Å²) >= 11 is 0. The van der Waals surface area contributed by atoms with Crippen LogP contribution in [-0.4, -0.2) is 25.2 Å². The number of carbonyl (C=O) groups is 1. The van der Waals surface area contributed by atoms with Crippen molar-refractivity contribution in [2.45, 2.75) is 46.6 Å². The van der Waals surface area contributed by atoms with E-state index in [4.69, 9.17) is 0 Å². The van der Waals surface area contributed by atoms with Crippen LogP contribution in [-0.2, 0) is 9.53 Å². The van der Waals surface area contributed by atoms with Gasteiger partial charge in [-0.1, -0.05) is 6.92 Å². The van der Waals surface area contributed by atoms with Crippen molar-refractivity contribution in [1.29, 1.82) is 0 Å². The number of ether oxygens (including phenoxy) is 1. The van der Waals surface area contributed by atoms with Crippen LogP contribution in [0.1, 0.15) is 40.5 Å². The molecule has 14 heavy (non-hydrogen) atoms. The van der Waals surface area contributed by atoms with Gasteiger partial charge in [-0.3, -0.25) is 4.79 Å². The first-order valence-corrected chi connectivity index (χ1v) is 5.40. The Kier molecular flexibility index (Phi) is 7.48. The molecule has 0 spiro atoms. The zero-order valence-electron chi connectivity index (χ0n) is 9.80. The smallest absolute Gasteiger partial charge is 0.302 e. The third-order valence-corrected chi connectivity index (χ3v) is 1.94. The van der Waals surface area contributed by atoms with Crippen molar-refractivity contribution in [3.8, 4) is 0 Å². The number of piperidine rings is 1. The molecule has 3 nitrogen and oxygen atoms in total. The van der Waals surface area contributed by atoms with E-state index in [1.807, 2.05) is 13.8 Å². The number of carbonyl (C=O) groups excluding carboxylic acids is 1. The lowest BCUT2D eigenvalue weighted by atomic mass is 10.0. The maximum absolute atomic E-state index is 10.0. The maximum atomic E-state index is 10.0. The third kappa shape index (κ3) is 9.52. The SMILES string of the molecule is CC(=O)OC(C)C.CC1CCCNC1. The summed E-state index contributed by atoms with van der Waals surface area (Å²) in [5, 5.41) is 3.33. The molecular weight excluding hydrogens is 178 g/mol. The molecule has 0 saturated carbocycles. The van der Waals surface area contributed by atoms with Crippen molar-refractivity contribution >= 4 is 5.97 Å². The van der Waals surface area contributed by atoms with Crippen LogP contribution in [0.3, 0.4) is 0 Å². The fourth-order valence-electron chi connectivity index (χ4n) is 1.36. The fraction of sp³-hybridized carbons (Fsp3) is 0.909. The van der Waals surface area contributed by atoms with Gasteiger partial charge in [-0.2, -0.15) is 0 Å². The van der Waals surface area contributed by atoms with Gasteiger partial charge in [-0.25, -0.2) is 0 Å². The molecular formula is C11H23NO2. The Balaban J connectivity index is 0.000000241. The molecule has 0 aromatic rings. The Bertz CT molecular complexity index is 151. The predicted molar refractivity (Wildman–Crippen MR) is 58.2 cm³/mol. The summed E-state index contributed by atoms with van der Waals surface area (Å²) < 4.78 is 4.61. The van der Waals surface area contributed by atoms with Gasteiger partial charge in [0.25, 0.3) is 0 Å². The minimum Gasteiger partial charge on any atom is -0.463 e. The lowest BCUT2D eigenvalue weighted by Crippen LogP contribution is -2.27. The second kappa shape index (κ2) is 7.80. The normalized spacial score (nSPS) is 21.1. The van der Waals surface area contributed by atoms with Gasteiger partial charge in [0.1, 0.15) is 0 Å². The molecule has 1 fully saturated rings. The molecule has 1 unspecified atom stereocenters. The molecule has 1 atom stereocenters. The summed E-state index contributed by atoms with van der Waals surface area (Å²) in [6, 6.07) is 0. The zero-order chi connectivity index (χ0) is 11.0. The summed E-state index contributed by atoms with van der Waals surface area (Å²) in [5.74, 6) is 0.712. The average molecular weight is 201 g/mol. The van der Waals surface area contributed by atoms with Crippen molar-refractivity contribution < 1.29 is 9.53 Å². The third-order valence-electron chi connectivity index (χ3n) is 1.94. The van der Waals surface area contributed by atoms with E-state index in [1.165, 1.54) is 32.9 Å². The number of esters is 1. The van der Waals surface area contributed by atoms with E-state index in [9.17, 15) is 4.79 Å². The van der Waals surface area contributed by atoms with E-state index in [0.29, 0.717) is 0 Å². The second-order valence-electron chi connectivity index (χ2n) is 4.11. The van der Waals surface area contributed by atoms with E-state index >= 15 is 0 Å². The molecule has 0 amide bonds. The van der Waals surface area contributed by atoms with Crippen LogP contribution in [0, 0.1) is 5.92 Å². The molecule has 1 N–H and O–H groups in total. The minimum atomic E-state index is -0.213. The molecule has 0 aromatic heterocycles. The standard InChI is InChI=1S/C6H13N.C5H10O2/c1-6-3-2-4-7-5-6;1-4(2)7-5(3)6/h6-7H,2-5H2,1H3;4H,1-3H3. The first-order valence-electron chi connectivity index (χ1n) is 5.40. The molecule has 0 aliphatic carbocycles. The van der Waals surface area contributed by atoms with Gasteiger partial charge in [0, 0.05) is 6.92 Å². The first-order chi connectivity index (χ1) is 6.52. The van der Waals surface area contributed by atoms with E-state index in [-0.39, 0.29) is 12.1 Å². The molecule has 3 heteroatoms. The second-order valence-corrected chi connectivity index (χ2v) is 4.11. The van der Waals surface area contributed by atoms with Gasteiger partial charge in [-0.05, 0) is 45.7 Å². The Morgan fingerprint density at radius 3 is 2.29 bits per heavy atom. The lowest BCUT2D eigenvalue weighted by Gasteiger charge is -2.17. The number of hydrogen-bond acceptors (Lipinski definition) is 3. The summed E-state index contributed by atoms with van der Waals surface area (Å²) in [6.45, 7) is 9.82. The van der Waals surface area contributed by atoms with Crippen molar-refractivity contribution in [2.75, 3.05) is 13.1 Å². The Morgan fingerprint density at radius 1 is 1.50 bits per heavy atom. The molecule has 1 heterocycles. The minimum absolute atomic E-state index is 0.0255. The van der Waals surface area contributed by atoms with Crippen molar-refractivity contribution in [2.24, 2.45) is 5.92 Å². The van der Waals surface area contributed by atoms with Crippen LogP contribution >= 0.6 is 0 Å². The van der Waals surface area contributed by atoms with Crippen molar-refractivity contribution in [1.82, 2.24) is 5.32 Å². The highest BCUT2D eigenvalue weighted by Gasteiger charge is 2.04. The van der Waals surface area contributed by atoms with Crippen LogP contribution < -0.4 is 5.32 Å². The van der Waals surface area contributed by atoms with E-state index in [1.54, 1.807) is 0 Å². The van der Waals surface area contributed by atoms with E-state index in [0.717, 1.165) is 5.92 Å². The Morgan fingerprint density at radius 2 is 2.14 bits per heavy atom. The highest BCUT2D eigenvalue weighted by atomic mass is 16.5. The van der Waals surface area contributed by atoms with Crippen LogP contribution in [0.5, 0.6) is 0 Å². The fourth-order valence-corrected chi connectivity index (χ4v) is 1.36. The highest BCUT2D eigenvalue weighted by Crippen LogP contribution is 2.06. The number of nitrogens with one attached hydrogen (secondary N) is 1. The van der Waals surface area contributed by atoms with Crippen molar-refractivity contribution in [3.05, 3.63) is 0 Å². The molecule has 1 rings (SSSR count). The molecule has 1 aliphatic heterocycles. The molecule has 1 saturated heterocycles. The van der Waals surface area contributed by atoms with Crippen LogP contribution in [0.2, 0.25) is 0 Å². The maximum Gasteiger partial charge on any atom is 0.302 e. The highest BCUT2D eigenvalue weighted by molar-refractivity contribution is 5.66. The van der Waals surface area contributed by atoms with Crippen molar-refractivity contribution in [3.63, 3.8) is 0 Å². The van der Waals surface area contributed by atoms with Gasteiger partial charge in [0.15, 0.2) is 0 Å². The monoisotopic (exact) mass is 201 g/mol. The van der Waals surface area contributed by atoms with E-state index < -0.39 is 0 Å². The Hall–Kier alpha value is -0.570. The van der Waals surface area contributed by atoms with Gasteiger partial charge < -0.3 is 10.1 Å². The van der Waals surface area contributed by atoms with Crippen LogP contribution in [0.4, 0.5) is 0 Å². The molecule has 0 aromatic carbocycles. The quantitative estimate of drug-likeness (QED) is 0.659. The molecule has 1 aliphatic rings.